The summed E-state index contributed by atoms with van der Waals surface area (Å²) in [4.78, 5) is 0. The number of nitrogens with one attached hydrogen (secondary N) is 1. The molecule has 96 valence electrons. The zero-order valence-corrected chi connectivity index (χ0v) is 11.4. The molecule has 0 saturated carbocycles. The molecule has 0 atom stereocenters. The Balaban J connectivity index is 1.93. The second-order valence-electron chi connectivity index (χ2n) is 5.72. The number of rotatable bonds is 4. The summed E-state index contributed by atoms with van der Waals surface area (Å²) in [5.41, 5.74) is 4.04. The fourth-order valence-electron chi connectivity index (χ4n) is 2.50. The fourth-order valence-corrected chi connectivity index (χ4v) is 2.50. The number of hydrogen-bond acceptors (Lipinski definition) is 2. The van der Waals surface area contributed by atoms with Crippen molar-refractivity contribution in [2.24, 2.45) is 0 Å². The van der Waals surface area contributed by atoms with E-state index in [1.165, 1.54) is 36.8 Å². The largest absolute Gasteiger partial charge is 0.300 e. The van der Waals surface area contributed by atoms with Crippen molar-refractivity contribution in [1.29, 1.82) is 5.26 Å². The summed E-state index contributed by atoms with van der Waals surface area (Å²) < 4.78 is 0. The van der Waals surface area contributed by atoms with Crippen LogP contribution in [0.25, 0.3) is 0 Å². The summed E-state index contributed by atoms with van der Waals surface area (Å²) in [6, 6.07) is 9.16. The van der Waals surface area contributed by atoms with Crippen LogP contribution in [0.15, 0.2) is 18.2 Å². The quantitative estimate of drug-likeness (QED) is 0.881. The van der Waals surface area contributed by atoms with Crippen LogP contribution in [-0.4, -0.2) is 12.1 Å². The molecule has 1 aromatic rings. The van der Waals surface area contributed by atoms with Crippen LogP contribution in [-0.2, 0) is 19.3 Å². The van der Waals surface area contributed by atoms with Crippen LogP contribution in [0.2, 0.25) is 0 Å². The molecule has 1 aliphatic rings. The minimum absolute atomic E-state index is 0.422. The molecule has 18 heavy (non-hydrogen) atoms. The van der Waals surface area contributed by atoms with E-state index in [2.05, 4.69) is 29.6 Å². The van der Waals surface area contributed by atoms with Gasteiger partial charge in [0.1, 0.15) is 5.54 Å². The maximum atomic E-state index is 8.94. The van der Waals surface area contributed by atoms with Crippen LogP contribution < -0.4 is 5.32 Å². The van der Waals surface area contributed by atoms with Gasteiger partial charge >= 0.3 is 0 Å². The SMILES string of the molecule is CC(C)(C#N)NCCc1ccc2c(c1)CCCC2. The Morgan fingerprint density at radius 3 is 2.67 bits per heavy atom. The summed E-state index contributed by atoms with van der Waals surface area (Å²) in [5, 5.41) is 12.2. The second-order valence-corrected chi connectivity index (χ2v) is 5.72. The van der Waals surface area contributed by atoms with E-state index in [0.717, 1.165) is 13.0 Å². The van der Waals surface area contributed by atoms with Crippen LogP contribution >= 0.6 is 0 Å². The van der Waals surface area contributed by atoms with E-state index in [4.69, 9.17) is 5.26 Å². The molecule has 1 aromatic carbocycles. The van der Waals surface area contributed by atoms with Crippen molar-refractivity contribution in [3.05, 3.63) is 34.9 Å². The van der Waals surface area contributed by atoms with Crippen LogP contribution in [0.1, 0.15) is 43.4 Å². The molecule has 0 aromatic heterocycles. The number of fused-ring (bicyclic) bond motifs is 1. The molecule has 0 radical (unpaired) electrons. The van der Waals surface area contributed by atoms with Gasteiger partial charge in [0.15, 0.2) is 0 Å². The molecule has 2 heteroatoms. The van der Waals surface area contributed by atoms with E-state index >= 15 is 0 Å². The first kappa shape index (κ1) is 13.1. The Labute approximate surface area is 110 Å². The Morgan fingerprint density at radius 1 is 1.22 bits per heavy atom. The topological polar surface area (TPSA) is 35.8 Å². The van der Waals surface area contributed by atoms with Crippen molar-refractivity contribution in [2.75, 3.05) is 6.54 Å². The molecule has 0 unspecified atom stereocenters. The first-order chi connectivity index (χ1) is 8.61. The third-order valence-corrected chi connectivity index (χ3v) is 3.67. The highest BCUT2D eigenvalue weighted by molar-refractivity contribution is 5.34. The highest BCUT2D eigenvalue weighted by atomic mass is 14.9. The molecule has 1 aliphatic carbocycles. The second kappa shape index (κ2) is 5.54. The number of nitrogens with zero attached hydrogens (tertiary/aromatic N) is 1. The monoisotopic (exact) mass is 242 g/mol. The molecule has 1 N–H and O–H groups in total. The number of nitriles is 1. The summed E-state index contributed by atoms with van der Waals surface area (Å²) in [7, 11) is 0. The summed E-state index contributed by atoms with van der Waals surface area (Å²) in [5.74, 6) is 0. The van der Waals surface area contributed by atoms with Crippen molar-refractivity contribution in [3.8, 4) is 6.07 Å². The van der Waals surface area contributed by atoms with Crippen molar-refractivity contribution < 1.29 is 0 Å². The van der Waals surface area contributed by atoms with Gasteiger partial charge < -0.3 is 0 Å². The average molecular weight is 242 g/mol. The maximum absolute atomic E-state index is 8.94. The Kier molecular flexibility index (Phi) is 4.04. The molecule has 0 amide bonds. The van der Waals surface area contributed by atoms with Crippen molar-refractivity contribution in [2.45, 2.75) is 51.5 Å². The third kappa shape index (κ3) is 3.34. The summed E-state index contributed by atoms with van der Waals surface area (Å²) in [6.45, 7) is 4.69. The maximum Gasteiger partial charge on any atom is 0.101 e. The normalized spacial score (nSPS) is 14.9. The number of aryl methyl sites for hydroxylation is 2. The van der Waals surface area contributed by atoms with Crippen LogP contribution in [0.5, 0.6) is 0 Å². The average Bonchev–Trinajstić information content (AvgIpc) is 2.38. The van der Waals surface area contributed by atoms with Gasteiger partial charge in [0.2, 0.25) is 0 Å². The Morgan fingerprint density at radius 2 is 1.94 bits per heavy atom. The van der Waals surface area contributed by atoms with Gasteiger partial charge in [0.25, 0.3) is 0 Å². The Bertz CT molecular complexity index is 455. The molecule has 0 fully saturated rings. The lowest BCUT2D eigenvalue weighted by molar-refractivity contribution is 0.490. The molecular formula is C16H22N2. The predicted molar refractivity (Wildman–Crippen MR) is 74.5 cm³/mol. The molecule has 0 spiro atoms. The van der Waals surface area contributed by atoms with E-state index in [1.54, 1.807) is 5.56 Å². The van der Waals surface area contributed by atoms with E-state index in [0.29, 0.717) is 0 Å². The highest BCUT2D eigenvalue weighted by Gasteiger charge is 2.14. The molecular weight excluding hydrogens is 220 g/mol. The lowest BCUT2D eigenvalue weighted by Crippen LogP contribution is -2.38. The number of benzene rings is 1. The van der Waals surface area contributed by atoms with E-state index in [-0.39, 0.29) is 0 Å². The Hall–Kier alpha value is -1.33. The van der Waals surface area contributed by atoms with E-state index < -0.39 is 5.54 Å². The lowest BCUT2D eigenvalue weighted by atomic mass is 9.90. The minimum atomic E-state index is -0.422. The number of hydrogen-bond donors (Lipinski definition) is 1. The molecule has 0 saturated heterocycles. The smallest absolute Gasteiger partial charge is 0.101 e. The zero-order chi connectivity index (χ0) is 13.0. The van der Waals surface area contributed by atoms with E-state index in [1.807, 2.05) is 13.8 Å². The van der Waals surface area contributed by atoms with Gasteiger partial charge in [-0.3, -0.25) is 5.32 Å². The zero-order valence-electron chi connectivity index (χ0n) is 11.4. The third-order valence-electron chi connectivity index (χ3n) is 3.67. The van der Waals surface area contributed by atoms with Crippen LogP contribution in [0.3, 0.4) is 0 Å². The molecule has 2 nitrogen and oxygen atoms in total. The van der Waals surface area contributed by atoms with Gasteiger partial charge in [-0.1, -0.05) is 18.2 Å². The molecule has 0 aliphatic heterocycles. The van der Waals surface area contributed by atoms with Crippen molar-refractivity contribution >= 4 is 0 Å². The summed E-state index contributed by atoms with van der Waals surface area (Å²) >= 11 is 0. The molecule has 2 rings (SSSR count). The molecule has 0 heterocycles. The summed E-state index contributed by atoms with van der Waals surface area (Å²) in [6.07, 6.45) is 6.15. The lowest BCUT2D eigenvalue weighted by Gasteiger charge is -2.19. The van der Waals surface area contributed by atoms with E-state index in [9.17, 15) is 0 Å². The highest BCUT2D eigenvalue weighted by Crippen LogP contribution is 2.22. The van der Waals surface area contributed by atoms with Gasteiger partial charge in [0, 0.05) is 6.54 Å². The fraction of sp³-hybridized carbons (Fsp3) is 0.562. The van der Waals surface area contributed by atoms with Gasteiger partial charge in [-0.2, -0.15) is 5.26 Å². The molecule has 0 bridgehead atoms. The van der Waals surface area contributed by atoms with Crippen LogP contribution in [0.4, 0.5) is 0 Å². The standard InChI is InChI=1S/C16H22N2/c1-16(2,12-17)18-10-9-13-7-8-14-5-3-4-6-15(14)11-13/h7-8,11,18H,3-6,9-10H2,1-2H3. The van der Waals surface area contributed by atoms with Gasteiger partial charge in [-0.25, -0.2) is 0 Å². The van der Waals surface area contributed by atoms with Gasteiger partial charge in [0.05, 0.1) is 6.07 Å². The van der Waals surface area contributed by atoms with Crippen molar-refractivity contribution in [1.82, 2.24) is 5.32 Å². The predicted octanol–water partition coefficient (Wildman–Crippen LogP) is 3.00. The van der Waals surface area contributed by atoms with Gasteiger partial charge in [-0.15, -0.1) is 0 Å². The van der Waals surface area contributed by atoms with Crippen LogP contribution in [0, 0.1) is 11.3 Å². The van der Waals surface area contributed by atoms with Crippen molar-refractivity contribution in [3.63, 3.8) is 0 Å². The first-order valence-electron chi connectivity index (χ1n) is 6.88. The first-order valence-corrected chi connectivity index (χ1v) is 6.88. The van der Waals surface area contributed by atoms with Gasteiger partial charge in [-0.05, 0) is 62.6 Å². The minimum Gasteiger partial charge on any atom is -0.300 e.